The highest BCUT2D eigenvalue weighted by Crippen LogP contribution is 2.55. The van der Waals surface area contributed by atoms with E-state index in [1.165, 1.54) is 0 Å². The van der Waals surface area contributed by atoms with Gasteiger partial charge in [-0.15, -0.1) is 0 Å². The van der Waals surface area contributed by atoms with Crippen molar-refractivity contribution in [3.05, 3.63) is 0 Å². The first-order valence-electron chi connectivity index (χ1n) is 4.16. The quantitative estimate of drug-likeness (QED) is 0.531. The van der Waals surface area contributed by atoms with E-state index < -0.39 is 12.4 Å². The smallest absolute Gasteiger partial charge is 0.181 e. The monoisotopic (exact) mass is 158 g/mol. The molecule has 1 aliphatic carbocycles. The first kappa shape index (κ1) is 7.53. The third kappa shape index (κ3) is 1.08. The third-order valence-electron chi connectivity index (χ3n) is 2.86. The van der Waals surface area contributed by atoms with Crippen LogP contribution in [0.4, 0.5) is 0 Å². The Morgan fingerprint density at radius 3 is 2.55 bits per heavy atom. The Kier molecular flexibility index (Phi) is 1.50. The van der Waals surface area contributed by atoms with Crippen LogP contribution in [-0.2, 0) is 4.74 Å². The minimum atomic E-state index is -0.957. The molecule has 3 atom stereocenters. The molecule has 1 saturated carbocycles. The summed E-state index contributed by atoms with van der Waals surface area (Å²) in [6, 6.07) is 0. The summed E-state index contributed by atoms with van der Waals surface area (Å²) in [5.74, 6) is 0. The third-order valence-corrected chi connectivity index (χ3v) is 2.86. The summed E-state index contributed by atoms with van der Waals surface area (Å²) in [6.45, 7) is 1.94. The van der Waals surface area contributed by atoms with E-state index in [1.54, 1.807) is 0 Å². The molecule has 0 amide bonds. The maximum atomic E-state index is 9.51. The van der Waals surface area contributed by atoms with Crippen molar-refractivity contribution in [2.45, 2.75) is 44.7 Å². The minimum absolute atomic E-state index is 0.0110. The normalized spacial score (nSPS) is 47.7. The van der Waals surface area contributed by atoms with Crippen LogP contribution in [0.3, 0.4) is 0 Å². The van der Waals surface area contributed by atoms with Crippen LogP contribution >= 0.6 is 0 Å². The minimum Gasteiger partial charge on any atom is -0.387 e. The molecule has 2 aliphatic rings. The van der Waals surface area contributed by atoms with Gasteiger partial charge in [0.05, 0.1) is 6.10 Å². The number of aliphatic hydroxyl groups is 2. The van der Waals surface area contributed by atoms with Crippen molar-refractivity contribution in [3.8, 4) is 0 Å². The predicted octanol–water partition coefficient (Wildman–Crippen LogP) is 0.255. The number of aliphatic hydroxyl groups excluding tert-OH is 2. The lowest BCUT2D eigenvalue weighted by Crippen LogP contribution is -2.45. The average Bonchev–Trinajstić information content (AvgIpc) is 2.65. The van der Waals surface area contributed by atoms with Crippen molar-refractivity contribution in [2.75, 3.05) is 0 Å². The maximum Gasteiger partial charge on any atom is 0.181 e. The topological polar surface area (TPSA) is 49.7 Å². The molecule has 2 fully saturated rings. The van der Waals surface area contributed by atoms with Crippen molar-refractivity contribution >= 4 is 0 Å². The van der Waals surface area contributed by atoms with E-state index in [-0.39, 0.29) is 11.5 Å². The molecule has 2 rings (SSSR count). The Balaban J connectivity index is 2.10. The van der Waals surface area contributed by atoms with E-state index in [2.05, 4.69) is 0 Å². The van der Waals surface area contributed by atoms with Crippen molar-refractivity contribution in [3.63, 3.8) is 0 Å². The van der Waals surface area contributed by atoms with Crippen molar-refractivity contribution < 1.29 is 14.9 Å². The molecule has 1 heterocycles. The fraction of sp³-hybridized carbons (Fsp3) is 1.00. The van der Waals surface area contributed by atoms with Crippen molar-refractivity contribution in [1.82, 2.24) is 0 Å². The standard InChI is InChI=1S/C8H14O3/c1-5-4-8(2-3-8)6(9)7(10)11-5/h5-7,9-10H,2-4H2,1H3/t5-,6+,7-/m1/s1. The van der Waals surface area contributed by atoms with Gasteiger partial charge < -0.3 is 14.9 Å². The maximum absolute atomic E-state index is 9.51. The molecule has 0 aromatic heterocycles. The van der Waals surface area contributed by atoms with Gasteiger partial charge in [0.2, 0.25) is 0 Å². The molecule has 1 saturated heterocycles. The van der Waals surface area contributed by atoms with Crippen LogP contribution in [0.25, 0.3) is 0 Å². The molecular formula is C8H14O3. The van der Waals surface area contributed by atoms with Gasteiger partial charge in [-0.1, -0.05) is 0 Å². The van der Waals surface area contributed by atoms with Gasteiger partial charge >= 0.3 is 0 Å². The summed E-state index contributed by atoms with van der Waals surface area (Å²) in [6.07, 6.45) is 1.46. The van der Waals surface area contributed by atoms with Gasteiger partial charge in [-0.25, -0.2) is 0 Å². The lowest BCUT2D eigenvalue weighted by atomic mass is 9.89. The van der Waals surface area contributed by atoms with Gasteiger partial charge in [-0.2, -0.15) is 0 Å². The summed E-state index contributed by atoms with van der Waals surface area (Å²) in [5, 5.41) is 18.8. The summed E-state index contributed by atoms with van der Waals surface area (Å²) in [4.78, 5) is 0. The molecule has 0 radical (unpaired) electrons. The van der Waals surface area contributed by atoms with Crippen LogP contribution < -0.4 is 0 Å². The van der Waals surface area contributed by atoms with Crippen LogP contribution in [0.5, 0.6) is 0 Å². The second-order valence-electron chi connectivity index (χ2n) is 3.85. The summed E-state index contributed by atoms with van der Waals surface area (Å²) in [7, 11) is 0. The first-order valence-corrected chi connectivity index (χ1v) is 4.16. The average molecular weight is 158 g/mol. The number of rotatable bonds is 0. The van der Waals surface area contributed by atoms with E-state index in [9.17, 15) is 10.2 Å². The molecule has 2 N–H and O–H groups in total. The van der Waals surface area contributed by atoms with E-state index in [1.807, 2.05) is 6.92 Å². The molecule has 0 bridgehead atoms. The fourth-order valence-corrected chi connectivity index (χ4v) is 2.02. The Labute approximate surface area is 66.0 Å². The van der Waals surface area contributed by atoms with Gasteiger partial charge in [0.15, 0.2) is 6.29 Å². The Bertz CT molecular complexity index is 165. The molecule has 0 aromatic rings. The molecular weight excluding hydrogens is 144 g/mol. The Hall–Kier alpha value is -0.120. The first-order chi connectivity index (χ1) is 5.14. The Morgan fingerprint density at radius 1 is 1.36 bits per heavy atom. The zero-order valence-electron chi connectivity index (χ0n) is 6.66. The highest BCUT2D eigenvalue weighted by Gasteiger charge is 2.55. The summed E-state index contributed by atoms with van der Waals surface area (Å²) >= 11 is 0. The zero-order valence-corrected chi connectivity index (χ0v) is 6.66. The van der Waals surface area contributed by atoms with Gasteiger partial charge in [0, 0.05) is 5.41 Å². The lowest BCUT2D eigenvalue weighted by molar-refractivity contribution is -0.236. The number of hydrogen-bond acceptors (Lipinski definition) is 3. The van der Waals surface area contributed by atoms with E-state index >= 15 is 0 Å². The van der Waals surface area contributed by atoms with E-state index in [0.717, 1.165) is 19.3 Å². The zero-order chi connectivity index (χ0) is 8.06. The Morgan fingerprint density at radius 2 is 2.00 bits per heavy atom. The number of ether oxygens (including phenoxy) is 1. The van der Waals surface area contributed by atoms with Gasteiger partial charge in [-0.3, -0.25) is 0 Å². The van der Waals surface area contributed by atoms with Crippen LogP contribution in [-0.4, -0.2) is 28.7 Å². The van der Waals surface area contributed by atoms with Crippen LogP contribution in [0, 0.1) is 5.41 Å². The second-order valence-corrected chi connectivity index (χ2v) is 3.85. The van der Waals surface area contributed by atoms with Gasteiger partial charge in [0.1, 0.15) is 6.10 Å². The molecule has 64 valence electrons. The molecule has 0 aromatic carbocycles. The van der Waals surface area contributed by atoms with Crippen molar-refractivity contribution in [2.24, 2.45) is 5.41 Å². The molecule has 3 nitrogen and oxygen atoms in total. The highest BCUT2D eigenvalue weighted by atomic mass is 16.6. The van der Waals surface area contributed by atoms with Crippen LogP contribution in [0.1, 0.15) is 26.2 Å². The molecule has 0 unspecified atom stereocenters. The molecule has 11 heavy (non-hydrogen) atoms. The fourth-order valence-electron chi connectivity index (χ4n) is 2.02. The molecule has 1 aliphatic heterocycles. The van der Waals surface area contributed by atoms with E-state index in [0.29, 0.717) is 0 Å². The SMILES string of the molecule is C[C@@H]1CC2(CC2)[C@@H](O)[C@H](O)O1. The highest BCUT2D eigenvalue weighted by molar-refractivity contribution is 5.03. The van der Waals surface area contributed by atoms with Crippen molar-refractivity contribution in [1.29, 1.82) is 0 Å². The summed E-state index contributed by atoms with van der Waals surface area (Å²) in [5.41, 5.74) is 0.0110. The predicted molar refractivity (Wildman–Crippen MR) is 38.8 cm³/mol. The van der Waals surface area contributed by atoms with E-state index in [4.69, 9.17) is 4.74 Å². The van der Waals surface area contributed by atoms with Crippen LogP contribution in [0.2, 0.25) is 0 Å². The lowest BCUT2D eigenvalue weighted by Gasteiger charge is -2.35. The number of hydrogen-bond donors (Lipinski definition) is 2. The molecule has 3 heteroatoms. The summed E-state index contributed by atoms with van der Waals surface area (Å²) < 4.78 is 5.08. The van der Waals surface area contributed by atoms with Gasteiger partial charge in [0.25, 0.3) is 0 Å². The largest absolute Gasteiger partial charge is 0.387 e. The van der Waals surface area contributed by atoms with Gasteiger partial charge in [-0.05, 0) is 26.2 Å². The second kappa shape index (κ2) is 2.19. The van der Waals surface area contributed by atoms with Crippen LogP contribution in [0.15, 0.2) is 0 Å². The molecule has 1 spiro atoms.